The molecule has 0 fully saturated rings. The zero-order chi connectivity index (χ0) is 20.1. The first kappa shape index (κ1) is 20.2. The van der Waals surface area contributed by atoms with Crippen LogP contribution in [0, 0.1) is 0 Å². The average Bonchev–Trinajstić information content (AvgIpc) is 3.06. The highest BCUT2D eigenvalue weighted by atomic mass is 32.2. The maximum absolute atomic E-state index is 12.6. The van der Waals surface area contributed by atoms with Gasteiger partial charge in [0.2, 0.25) is 0 Å². The predicted molar refractivity (Wildman–Crippen MR) is 106 cm³/mol. The van der Waals surface area contributed by atoms with Crippen LogP contribution in [0.5, 0.6) is 5.75 Å². The van der Waals surface area contributed by atoms with Crippen molar-refractivity contribution in [3.8, 4) is 5.75 Å². The summed E-state index contributed by atoms with van der Waals surface area (Å²) in [6.45, 7) is 3.71. The second-order valence-electron chi connectivity index (χ2n) is 5.68. The van der Waals surface area contributed by atoms with Crippen LogP contribution >= 0.6 is 23.1 Å². The van der Waals surface area contributed by atoms with E-state index in [9.17, 15) is 14.4 Å². The lowest BCUT2D eigenvalue weighted by atomic mass is 9.90. The Kier molecular flexibility index (Phi) is 6.58. The molecule has 7 nitrogen and oxygen atoms in total. The van der Waals surface area contributed by atoms with Crippen molar-refractivity contribution in [2.24, 2.45) is 0 Å². The van der Waals surface area contributed by atoms with Gasteiger partial charge in [-0.2, -0.15) is 0 Å². The SMILES string of the molecule is CCOC(=O)COc1ccccc1C1C(C(=O)OCC)=CSc2[nH]c(=O)sc21. The standard InChI is InChI=1S/C19H19NO6S2/c1-3-24-14(21)9-26-13-8-6-5-7-11(13)15-12(18(22)25-4-2)10-27-17-16(15)28-19(23)20-17/h5-8,10,15H,3-4,9H2,1-2H3,(H,20,23). The molecule has 1 N–H and O–H groups in total. The number of thiazole rings is 1. The number of carbonyl (C=O) groups excluding carboxylic acids is 2. The minimum atomic E-state index is -0.530. The number of hydrogen-bond donors (Lipinski definition) is 1. The number of esters is 2. The van der Waals surface area contributed by atoms with Crippen LogP contribution in [0.1, 0.15) is 30.2 Å². The molecule has 2 aromatic rings. The molecule has 1 aromatic heterocycles. The number of nitrogens with one attached hydrogen (secondary N) is 1. The fourth-order valence-corrected chi connectivity index (χ4v) is 4.88. The smallest absolute Gasteiger partial charge is 0.344 e. The summed E-state index contributed by atoms with van der Waals surface area (Å²) in [5.74, 6) is -1.02. The Morgan fingerprint density at radius 1 is 1.14 bits per heavy atom. The molecular formula is C19H19NO6S2. The summed E-state index contributed by atoms with van der Waals surface area (Å²) in [4.78, 5) is 39.5. The number of H-pyrrole nitrogens is 1. The molecule has 148 valence electrons. The monoisotopic (exact) mass is 421 g/mol. The van der Waals surface area contributed by atoms with Gasteiger partial charge in [-0.05, 0) is 25.3 Å². The van der Waals surface area contributed by atoms with Gasteiger partial charge in [0.05, 0.1) is 34.6 Å². The van der Waals surface area contributed by atoms with Crippen molar-refractivity contribution in [3.63, 3.8) is 0 Å². The third-order valence-electron chi connectivity index (χ3n) is 3.91. The summed E-state index contributed by atoms with van der Waals surface area (Å²) in [7, 11) is 0. The molecule has 1 unspecified atom stereocenters. The molecule has 9 heteroatoms. The Morgan fingerprint density at radius 3 is 2.64 bits per heavy atom. The number of aromatic nitrogens is 1. The summed E-state index contributed by atoms with van der Waals surface area (Å²) in [6.07, 6.45) is 0. The van der Waals surface area contributed by atoms with Gasteiger partial charge in [0.25, 0.3) is 0 Å². The van der Waals surface area contributed by atoms with E-state index in [1.54, 1.807) is 31.4 Å². The quantitative estimate of drug-likeness (QED) is 0.687. The largest absolute Gasteiger partial charge is 0.482 e. The van der Waals surface area contributed by atoms with Crippen LogP contribution in [-0.2, 0) is 19.1 Å². The minimum Gasteiger partial charge on any atom is -0.482 e. The van der Waals surface area contributed by atoms with Gasteiger partial charge in [-0.3, -0.25) is 4.79 Å². The van der Waals surface area contributed by atoms with Crippen molar-refractivity contribution in [2.75, 3.05) is 19.8 Å². The summed E-state index contributed by atoms with van der Waals surface area (Å²) in [6, 6.07) is 7.11. The van der Waals surface area contributed by atoms with E-state index in [2.05, 4.69) is 4.98 Å². The number of para-hydroxylation sites is 1. The van der Waals surface area contributed by atoms with E-state index >= 15 is 0 Å². The van der Waals surface area contributed by atoms with E-state index in [-0.39, 0.29) is 24.7 Å². The van der Waals surface area contributed by atoms with Gasteiger partial charge in [0, 0.05) is 5.56 Å². The Morgan fingerprint density at radius 2 is 1.89 bits per heavy atom. The third kappa shape index (κ3) is 4.31. The first-order valence-electron chi connectivity index (χ1n) is 8.69. The van der Waals surface area contributed by atoms with Crippen LogP contribution in [0.4, 0.5) is 0 Å². The molecule has 3 rings (SSSR count). The van der Waals surface area contributed by atoms with Crippen LogP contribution < -0.4 is 9.61 Å². The predicted octanol–water partition coefficient (Wildman–Crippen LogP) is 3.06. The second kappa shape index (κ2) is 9.11. The van der Waals surface area contributed by atoms with Gasteiger partial charge in [-0.15, -0.1) is 0 Å². The molecule has 1 aliphatic rings. The van der Waals surface area contributed by atoms with E-state index in [4.69, 9.17) is 14.2 Å². The van der Waals surface area contributed by atoms with E-state index in [0.29, 0.717) is 26.8 Å². The first-order valence-corrected chi connectivity index (χ1v) is 10.4. The summed E-state index contributed by atoms with van der Waals surface area (Å²) >= 11 is 2.32. The highest BCUT2D eigenvalue weighted by molar-refractivity contribution is 8.02. The number of thioether (sulfide) groups is 1. The number of fused-ring (bicyclic) bond motifs is 1. The molecule has 0 bridgehead atoms. The molecule has 2 heterocycles. The van der Waals surface area contributed by atoms with Crippen LogP contribution in [0.25, 0.3) is 0 Å². The topological polar surface area (TPSA) is 94.7 Å². The lowest BCUT2D eigenvalue weighted by molar-refractivity contribution is -0.145. The molecule has 1 aromatic carbocycles. The van der Waals surface area contributed by atoms with Crippen molar-refractivity contribution in [1.82, 2.24) is 4.98 Å². The second-order valence-corrected chi connectivity index (χ2v) is 7.58. The van der Waals surface area contributed by atoms with Crippen LogP contribution in [-0.4, -0.2) is 36.7 Å². The summed E-state index contributed by atoms with van der Waals surface area (Å²) < 4.78 is 15.8. The first-order chi connectivity index (χ1) is 13.5. The molecule has 0 saturated carbocycles. The molecule has 0 amide bonds. The van der Waals surface area contributed by atoms with Crippen molar-refractivity contribution >= 4 is 35.0 Å². The van der Waals surface area contributed by atoms with Crippen LogP contribution in [0.2, 0.25) is 0 Å². The number of benzene rings is 1. The van der Waals surface area contributed by atoms with E-state index < -0.39 is 17.9 Å². The third-order valence-corrected chi connectivity index (χ3v) is 5.92. The highest BCUT2D eigenvalue weighted by Crippen LogP contribution is 2.46. The zero-order valence-corrected chi connectivity index (χ0v) is 17.0. The Hall–Kier alpha value is -2.52. The van der Waals surface area contributed by atoms with Crippen molar-refractivity contribution in [3.05, 3.63) is 55.4 Å². The Bertz CT molecular complexity index is 961. The Balaban J connectivity index is 2.01. The fourth-order valence-electron chi connectivity index (χ4n) is 2.81. The lowest BCUT2D eigenvalue weighted by Crippen LogP contribution is -2.19. The molecule has 0 saturated heterocycles. The normalized spacial score (nSPS) is 15.4. The molecule has 0 spiro atoms. The van der Waals surface area contributed by atoms with Crippen LogP contribution in [0.3, 0.4) is 0 Å². The highest BCUT2D eigenvalue weighted by Gasteiger charge is 2.34. The van der Waals surface area contributed by atoms with Crippen molar-refractivity contribution in [1.29, 1.82) is 0 Å². The van der Waals surface area contributed by atoms with Crippen molar-refractivity contribution < 1.29 is 23.8 Å². The molecule has 1 atom stereocenters. The number of hydrogen-bond acceptors (Lipinski definition) is 8. The van der Waals surface area contributed by atoms with Gasteiger partial charge >= 0.3 is 16.8 Å². The number of rotatable bonds is 7. The van der Waals surface area contributed by atoms with Gasteiger partial charge < -0.3 is 19.2 Å². The number of ether oxygens (including phenoxy) is 3. The average molecular weight is 421 g/mol. The van der Waals surface area contributed by atoms with Gasteiger partial charge in [0.15, 0.2) is 6.61 Å². The maximum atomic E-state index is 12.6. The summed E-state index contributed by atoms with van der Waals surface area (Å²) in [5, 5.41) is 2.38. The van der Waals surface area contributed by atoms with Gasteiger partial charge in [0.1, 0.15) is 5.75 Å². The zero-order valence-electron chi connectivity index (χ0n) is 15.4. The van der Waals surface area contributed by atoms with Crippen LogP contribution in [0.15, 0.2) is 45.1 Å². The van der Waals surface area contributed by atoms with E-state index in [0.717, 1.165) is 11.3 Å². The number of carbonyl (C=O) groups is 2. The van der Waals surface area contributed by atoms with Crippen molar-refractivity contribution in [2.45, 2.75) is 24.8 Å². The lowest BCUT2D eigenvalue weighted by Gasteiger charge is -2.24. The molecule has 0 radical (unpaired) electrons. The van der Waals surface area contributed by atoms with Gasteiger partial charge in [-0.1, -0.05) is 41.3 Å². The molecule has 28 heavy (non-hydrogen) atoms. The Labute approximate surface area is 169 Å². The van der Waals surface area contributed by atoms with E-state index in [1.165, 1.54) is 11.8 Å². The number of aromatic amines is 1. The van der Waals surface area contributed by atoms with Gasteiger partial charge in [-0.25, -0.2) is 9.59 Å². The van der Waals surface area contributed by atoms with E-state index in [1.807, 2.05) is 12.1 Å². The minimum absolute atomic E-state index is 0.203. The molecule has 0 aliphatic carbocycles. The summed E-state index contributed by atoms with van der Waals surface area (Å²) in [5.41, 5.74) is 1.09. The molecule has 1 aliphatic heterocycles. The maximum Gasteiger partial charge on any atom is 0.344 e. The molecular weight excluding hydrogens is 402 g/mol. The fraction of sp³-hybridized carbons (Fsp3) is 0.316.